The molecule has 1 unspecified atom stereocenters. The fraction of sp³-hybridized carbons (Fsp3) is 0.318. The van der Waals surface area contributed by atoms with Crippen LogP contribution in [0.1, 0.15) is 22.5 Å². The summed E-state index contributed by atoms with van der Waals surface area (Å²) < 4.78 is 33.0. The largest absolute Gasteiger partial charge is 0.497 e. The summed E-state index contributed by atoms with van der Waals surface area (Å²) in [7, 11) is 1.57. The first-order valence-corrected chi connectivity index (χ1v) is 9.78. The van der Waals surface area contributed by atoms with E-state index in [2.05, 4.69) is 4.98 Å². The van der Waals surface area contributed by atoms with Crippen molar-refractivity contribution in [3.05, 3.63) is 53.5 Å². The lowest BCUT2D eigenvalue weighted by atomic mass is 9.97. The van der Waals surface area contributed by atoms with Gasteiger partial charge in [0.1, 0.15) is 23.4 Å². The maximum absolute atomic E-state index is 14.0. The Morgan fingerprint density at radius 1 is 1.26 bits per heavy atom. The monoisotopic (exact) mass is 450 g/mol. The molecule has 31 heavy (non-hydrogen) atoms. The van der Waals surface area contributed by atoms with Crippen molar-refractivity contribution in [2.75, 3.05) is 20.2 Å². The molecule has 2 heterocycles. The van der Waals surface area contributed by atoms with E-state index in [-0.39, 0.29) is 50.2 Å². The van der Waals surface area contributed by atoms with Crippen LogP contribution in [0, 0.1) is 5.82 Å². The number of amides is 1. The minimum absolute atomic E-state index is 0. The number of rotatable bonds is 6. The molecule has 0 saturated heterocycles. The average molecular weight is 451 g/mol. The van der Waals surface area contributed by atoms with Gasteiger partial charge in [-0.2, -0.15) is 0 Å². The number of hydrogen-bond donors (Lipinski definition) is 3. The molecule has 9 heteroatoms. The number of benzene rings is 2. The Morgan fingerprint density at radius 3 is 2.74 bits per heavy atom. The van der Waals surface area contributed by atoms with Gasteiger partial charge in [-0.3, -0.25) is 4.79 Å². The zero-order valence-electron chi connectivity index (χ0n) is 17.0. The Kier molecular flexibility index (Phi) is 6.83. The van der Waals surface area contributed by atoms with Crippen LogP contribution >= 0.6 is 12.4 Å². The molecule has 0 saturated carbocycles. The number of carbonyl (C=O) groups excluding carboxylic acids is 1. The molecular weight excluding hydrogens is 426 g/mol. The van der Waals surface area contributed by atoms with Crippen molar-refractivity contribution in [1.82, 2.24) is 9.88 Å². The minimum Gasteiger partial charge on any atom is -0.497 e. The Hall–Kier alpha value is -2.68. The molecule has 6 nitrogen and oxygen atoms in total. The normalized spacial score (nSPS) is 15.0. The van der Waals surface area contributed by atoms with E-state index in [4.69, 9.17) is 16.2 Å². The zero-order chi connectivity index (χ0) is 21.4. The van der Waals surface area contributed by atoms with Crippen LogP contribution < -0.4 is 16.2 Å². The molecule has 166 valence electrons. The van der Waals surface area contributed by atoms with Crippen LogP contribution in [0.2, 0.25) is 0 Å². The van der Waals surface area contributed by atoms with E-state index in [9.17, 15) is 13.6 Å². The number of carbonyl (C=O) groups is 1. The first kappa shape index (κ1) is 23.0. The molecule has 0 bridgehead atoms. The fourth-order valence-electron chi connectivity index (χ4n) is 4.04. The number of alkyl halides is 1. The highest BCUT2D eigenvalue weighted by atomic mass is 35.5. The van der Waals surface area contributed by atoms with Crippen molar-refractivity contribution < 1.29 is 18.3 Å². The number of H-pyrrole nitrogens is 1. The smallest absolute Gasteiger partial charge is 0.271 e. The van der Waals surface area contributed by atoms with Crippen molar-refractivity contribution in [2.24, 2.45) is 11.5 Å². The SMILES string of the molecule is COc1ccc2c(c1)CN(C[C@H](N)CC(F)CN)C(=O)c1[nH]c3ccc(F)cc3c1-2.Cl. The highest BCUT2D eigenvalue weighted by Gasteiger charge is 2.31. The second kappa shape index (κ2) is 9.21. The summed E-state index contributed by atoms with van der Waals surface area (Å²) in [6.07, 6.45) is -1.16. The van der Waals surface area contributed by atoms with Crippen LogP contribution in [-0.2, 0) is 6.54 Å². The third-order valence-electron chi connectivity index (χ3n) is 5.47. The maximum atomic E-state index is 14.0. The lowest BCUT2D eigenvalue weighted by Crippen LogP contribution is -2.42. The predicted molar refractivity (Wildman–Crippen MR) is 119 cm³/mol. The number of nitrogens with one attached hydrogen (secondary N) is 1. The summed E-state index contributed by atoms with van der Waals surface area (Å²) in [5.74, 6) is -0.00652. The molecule has 5 N–H and O–H groups in total. The topological polar surface area (TPSA) is 97.4 Å². The van der Waals surface area contributed by atoms with E-state index in [1.165, 1.54) is 12.1 Å². The van der Waals surface area contributed by atoms with E-state index in [0.29, 0.717) is 27.9 Å². The predicted octanol–water partition coefficient (Wildman–Crippen LogP) is 3.37. The summed E-state index contributed by atoms with van der Waals surface area (Å²) in [5.41, 5.74) is 14.8. The second-order valence-corrected chi connectivity index (χ2v) is 7.60. The van der Waals surface area contributed by atoms with Gasteiger partial charge in [-0.15, -0.1) is 12.4 Å². The summed E-state index contributed by atoms with van der Waals surface area (Å²) in [5, 5.41) is 0.628. The molecule has 4 rings (SSSR count). The molecule has 0 spiro atoms. The van der Waals surface area contributed by atoms with E-state index < -0.39 is 12.2 Å². The van der Waals surface area contributed by atoms with Gasteiger partial charge in [0.25, 0.3) is 5.91 Å². The molecule has 0 fully saturated rings. The van der Waals surface area contributed by atoms with Gasteiger partial charge in [-0.1, -0.05) is 6.07 Å². The van der Waals surface area contributed by atoms with Gasteiger partial charge in [0, 0.05) is 42.1 Å². The van der Waals surface area contributed by atoms with Crippen molar-refractivity contribution in [2.45, 2.75) is 25.2 Å². The average Bonchev–Trinajstić information content (AvgIpc) is 3.05. The standard InChI is InChI=1S/C22H24F2N4O2.ClH/c1-30-16-3-4-17-12(6-16)10-28(11-15(26)7-14(24)9-25)22(29)21-20(17)18-8-13(23)2-5-19(18)27-21;/h2-6,8,14-15,27H,7,9-11,25-26H2,1H3;1H/t14?,15-;/m1./s1. The Morgan fingerprint density at radius 2 is 2.03 bits per heavy atom. The Labute approximate surface area is 184 Å². The molecule has 3 aromatic rings. The van der Waals surface area contributed by atoms with Gasteiger partial charge < -0.3 is 26.1 Å². The van der Waals surface area contributed by atoms with Crippen molar-refractivity contribution in [1.29, 1.82) is 0 Å². The number of halogens is 3. The number of ether oxygens (including phenoxy) is 1. The van der Waals surface area contributed by atoms with Gasteiger partial charge in [-0.25, -0.2) is 8.78 Å². The quantitative estimate of drug-likeness (QED) is 0.536. The molecule has 1 aliphatic rings. The summed E-state index contributed by atoms with van der Waals surface area (Å²) in [4.78, 5) is 18.1. The van der Waals surface area contributed by atoms with Gasteiger partial charge in [0.05, 0.1) is 7.11 Å². The molecule has 1 amide bonds. The van der Waals surface area contributed by atoms with Crippen LogP contribution in [0.25, 0.3) is 22.0 Å². The van der Waals surface area contributed by atoms with Crippen molar-refractivity contribution in [3.8, 4) is 16.9 Å². The first-order chi connectivity index (χ1) is 14.4. The molecule has 1 aliphatic heterocycles. The molecule has 2 aromatic carbocycles. The molecular formula is C22H25ClF2N4O2. The van der Waals surface area contributed by atoms with Crippen molar-refractivity contribution in [3.63, 3.8) is 0 Å². The lowest BCUT2D eigenvalue weighted by molar-refractivity contribution is 0.0724. The second-order valence-electron chi connectivity index (χ2n) is 7.60. The van der Waals surface area contributed by atoms with Gasteiger partial charge in [0.15, 0.2) is 0 Å². The number of hydrogen-bond acceptors (Lipinski definition) is 4. The Bertz CT molecular complexity index is 1100. The Balaban J connectivity index is 0.00000272. The number of aromatic amines is 1. The molecule has 1 aromatic heterocycles. The number of nitrogens with two attached hydrogens (primary N) is 2. The molecule has 0 aliphatic carbocycles. The van der Waals surface area contributed by atoms with Gasteiger partial charge >= 0.3 is 0 Å². The van der Waals surface area contributed by atoms with Crippen LogP contribution in [-0.4, -0.2) is 48.2 Å². The first-order valence-electron chi connectivity index (χ1n) is 9.78. The third kappa shape index (κ3) is 4.37. The lowest BCUT2D eigenvalue weighted by Gasteiger charge is -2.25. The maximum Gasteiger partial charge on any atom is 0.271 e. The van der Waals surface area contributed by atoms with Gasteiger partial charge in [0.2, 0.25) is 0 Å². The number of methoxy groups -OCH3 is 1. The zero-order valence-corrected chi connectivity index (χ0v) is 17.8. The minimum atomic E-state index is -1.22. The summed E-state index contributed by atoms with van der Waals surface area (Å²) >= 11 is 0. The van der Waals surface area contributed by atoms with Crippen LogP contribution in [0.4, 0.5) is 8.78 Å². The molecule has 0 radical (unpaired) electrons. The van der Waals surface area contributed by atoms with E-state index in [1.807, 2.05) is 18.2 Å². The fourth-order valence-corrected chi connectivity index (χ4v) is 4.04. The van der Waals surface area contributed by atoms with Crippen molar-refractivity contribution >= 4 is 29.2 Å². The summed E-state index contributed by atoms with van der Waals surface area (Å²) in [6, 6.07) is 9.34. The van der Waals surface area contributed by atoms with E-state index in [1.54, 1.807) is 18.1 Å². The van der Waals surface area contributed by atoms with Crippen LogP contribution in [0.3, 0.4) is 0 Å². The van der Waals surface area contributed by atoms with Gasteiger partial charge in [-0.05, 0) is 47.9 Å². The van der Waals surface area contributed by atoms with E-state index in [0.717, 1.165) is 11.1 Å². The third-order valence-corrected chi connectivity index (χ3v) is 5.47. The number of fused-ring (bicyclic) bond motifs is 5. The van der Waals surface area contributed by atoms with Crippen LogP contribution in [0.15, 0.2) is 36.4 Å². The highest BCUT2D eigenvalue weighted by Crippen LogP contribution is 2.39. The van der Waals surface area contributed by atoms with Crippen LogP contribution in [0.5, 0.6) is 5.75 Å². The molecule has 2 atom stereocenters. The summed E-state index contributed by atoms with van der Waals surface area (Å²) in [6.45, 7) is 0.330. The number of nitrogens with zero attached hydrogens (tertiary/aromatic N) is 1. The number of aromatic nitrogens is 1. The van der Waals surface area contributed by atoms with E-state index >= 15 is 0 Å². The highest BCUT2D eigenvalue weighted by molar-refractivity contribution is 6.11.